The van der Waals surface area contributed by atoms with Gasteiger partial charge in [-0.3, -0.25) is 25.3 Å². The molecule has 0 radical (unpaired) electrons. The van der Waals surface area contributed by atoms with Crippen molar-refractivity contribution in [3.05, 3.63) is 53.6 Å². The molecule has 9 nitrogen and oxygen atoms in total. The van der Waals surface area contributed by atoms with Crippen LogP contribution in [0.25, 0.3) is 0 Å². The van der Waals surface area contributed by atoms with E-state index < -0.39 is 6.35 Å². The zero-order chi connectivity index (χ0) is 24.4. The lowest BCUT2D eigenvalue weighted by molar-refractivity contribution is -0.124. The number of carbonyl (C=O) groups is 1. The number of hydrazine groups is 1. The molecular weight excluding hydrogens is 446 g/mol. The van der Waals surface area contributed by atoms with Gasteiger partial charge < -0.3 is 14.2 Å². The minimum absolute atomic E-state index is 0.0595. The molecule has 0 spiro atoms. The summed E-state index contributed by atoms with van der Waals surface area (Å²) in [6, 6.07) is 14.2. The van der Waals surface area contributed by atoms with Gasteiger partial charge in [-0.2, -0.15) is 0 Å². The number of para-hydroxylation sites is 1. The predicted molar refractivity (Wildman–Crippen MR) is 133 cm³/mol. The van der Waals surface area contributed by atoms with Crippen molar-refractivity contribution in [2.24, 2.45) is 0 Å². The zero-order valence-electron chi connectivity index (χ0n) is 20.7. The Hall–Kier alpha value is -2.85. The summed E-state index contributed by atoms with van der Waals surface area (Å²) >= 11 is 0. The average Bonchev–Trinajstić information content (AvgIpc) is 3.28. The number of benzene rings is 2. The van der Waals surface area contributed by atoms with E-state index in [2.05, 4.69) is 34.4 Å². The quantitative estimate of drug-likeness (QED) is 0.623. The van der Waals surface area contributed by atoms with Crippen molar-refractivity contribution < 1.29 is 19.0 Å². The lowest BCUT2D eigenvalue weighted by Gasteiger charge is -2.40. The van der Waals surface area contributed by atoms with Crippen LogP contribution in [0.3, 0.4) is 0 Å². The zero-order valence-corrected chi connectivity index (χ0v) is 20.7. The van der Waals surface area contributed by atoms with Crippen molar-refractivity contribution in [2.75, 3.05) is 51.4 Å². The van der Waals surface area contributed by atoms with Crippen molar-refractivity contribution in [2.45, 2.75) is 38.9 Å². The van der Waals surface area contributed by atoms with E-state index >= 15 is 0 Å². The van der Waals surface area contributed by atoms with Gasteiger partial charge in [-0.25, -0.2) is 5.01 Å². The maximum atomic E-state index is 13.2. The predicted octanol–water partition coefficient (Wildman–Crippen LogP) is 2.10. The summed E-state index contributed by atoms with van der Waals surface area (Å²) in [5.74, 6) is 1.51. The first kappa shape index (κ1) is 23.9. The molecule has 0 aliphatic carbocycles. The SMILES string of the molecule is COc1cccc2c1C(NC1OCc3ccccc3N1NC(=O)CN1CCN(C(C)C)CC1)CO2. The van der Waals surface area contributed by atoms with E-state index in [-0.39, 0.29) is 11.9 Å². The van der Waals surface area contributed by atoms with E-state index in [9.17, 15) is 4.79 Å². The minimum Gasteiger partial charge on any atom is -0.496 e. The van der Waals surface area contributed by atoms with Crippen LogP contribution in [0, 0.1) is 0 Å². The summed E-state index contributed by atoms with van der Waals surface area (Å²) in [5.41, 5.74) is 6.03. The van der Waals surface area contributed by atoms with Crippen LogP contribution in [-0.4, -0.2) is 74.5 Å². The first-order valence-corrected chi connectivity index (χ1v) is 12.3. The summed E-state index contributed by atoms with van der Waals surface area (Å²) in [5, 5.41) is 5.34. The van der Waals surface area contributed by atoms with Gasteiger partial charge in [-0.05, 0) is 32.0 Å². The van der Waals surface area contributed by atoms with Crippen molar-refractivity contribution in [3.8, 4) is 11.5 Å². The average molecular weight is 482 g/mol. The van der Waals surface area contributed by atoms with Crippen LogP contribution < -0.4 is 25.2 Å². The number of nitrogens with one attached hydrogen (secondary N) is 2. The van der Waals surface area contributed by atoms with E-state index in [1.54, 1.807) is 12.1 Å². The Labute approximate surface area is 206 Å². The van der Waals surface area contributed by atoms with Gasteiger partial charge in [0.05, 0.1) is 37.6 Å². The molecule has 3 heterocycles. The summed E-state index contributed by atoms with van der Waals surface area (Å²) < 4.78 is 17.7. The van der Waals surface area contributed by atoms with Crippen LogP contribution in [0.15, 0.2) is 42.5 Å². The second-order valence-corrected chi connectivity index (χ2v) is 9.51. The third kappa shape index (κ3) is 5.08. The van der Waals surface area contributed by atoms with Gasteiger partial charge >= 0.3 is 0 Å². The van der Waals surface area contributed by atoms with Crippen molar-refractivity contribution in [1.29, 1.82) is 0 Å². The second kappa shape index (κ2) is 10.4. The molecule has 3 aliphatic heterocycles. The fourth-order valence-electron chi connectivity index (χ4n) is 5.02. The lowest BCUT2D eigenvalue weighted by atomic mass is 10.1. The van der Waals surface area contributed by atoms with E-state index in [1.165, 1.54) is 0 Å². The first-order chi connectivity index (χ1) is 17.0. The van der Waals surface area contributed by atoms with Crippen LogP contribution in [0.2, 0.25) is 0 Å². The van der Waals surface area contributed by atoms with Crippen LogP contribution in [0.4, 0.5) is 5.69 Å². The number of anilines is 1. The Bertz CT molecular complexity index is 1040. The molecular formula is C26H35N5O4. The smallest absolute Gasteiger partial charge is 0.252 e. The molecule has 1 fully saturated rings. The highest BCUT2D eigenvalue weighted by atomic mass is 16.5. The summed E-state index contributed by atoms with van der Waals surface area (Å²) in [6.45, 7) is 9.41. The standard InChI is InChI=1S/C26H35N5O4/c1-18(2)30-13-11-29(12-14-30)15-24(32)28-31-21-8-5-4-7-19(21)16-35-26(31)27-20-17-34-23-10-6-9-22(33-3)25(20)23/h4-10,18,20,26-27H,11-17H2,1-3H3,(H,28,32). The number of nitrogens with zero attached hydrogens (tertiary/aromatic N) is 3. The topological polar surface area (TPSA) is 78.5 Å². The van der Waals surface area contributed by atoms with E-state index in [0.29, 0.717) is 25.8 Å². The Balaban J connectivity index is 1.30. The molecule has 1 amide bonds. The number of fused-ring (bicyclic) bond motifs is 2. The van der Waals surface area contributed by atoms with Crippen molar-refractivity contribution in [3.63, 3.8) is 0 Å². The van der Waals surface area contributed by atoms with Gasteiger partial charge in [0.2, 0.25) is 6.35 Å². The Kier molecular flexibility index (Phi) is 7.10. The van der Waals surface area contributed by atoms with Crippen molar-refractivity contribution >= 4 is 11.6 Å². The molecule has 0 bridgehead atoms. The van der Waals surface area contributed by atoms with Crippen LogP contribution in [0.5, 0.6) is 11.5 Å². The fourth-order valence-corrected chi connectivity index (χ4v) is 5.02. The fraction of sp³-hybridized carbons (Fsp3) is 0.500. The number of hydrogen-bond acceptors (Lipinski definition) is 8. The third-order valence-electron chi connectivity index (χ3n) is 6.98. The van der Waals surface area contributed by atoms with E-state index in [4.69, 9.17) is 14.2 Å². The van der Waals surface area contributed by atoms with Gasteiger partial charge in [-0.1, -0.05) is 24.3 Å². The molecule has 2 aromatic carbocycles. The van der Waals surface area contributed by atoms with Crippen molar-refractivity contribution in [1.82, 2.24) is 20.5 Å². The molecule has 2 unspecified atom stereocenters. The molecule has 1 saturated heterocycles. The molecule has 2 atom stereocenters. The van der Waals surface area contributed by atoms with Crippen LogP contribution in [-0.2, 0) is 16.1 Å². The second-order valence-electron chi connectivity index (χ2n) is 9.51. The van der Waals surface area contributed by atoms with Gasteiger partial charge in [0.15, 0.2) is 0 Å². The summed E-state index contributed by atoms with van der Waals surface area (Å²) in [4.78, 5) is 17.8. The minimum atomic E-state index is -0.559. The van der Waals surface area contributed by atoms with Gasteiger partial charge in [-0.15, -0.1) is 0 Å². The number of amides is 1. The van der Waals surface area contributed by atoms with Gasteiger partial charge in [0, 0.05) is 37.8 Å². The highest BCUT2D eigenvalue weighted by Gasteiger charge is 2.35. The number of carbonyl (C=O) groups excluding carboxylic acids is 1. The molecule has 9 heteroatoms. The Morgan fingerprint density at radius 2 is 1.91 bits per heavy atom. The molecule has 3 aliphatic rings. The third-order valence-corrected chi connectivity index (χ3v) is 6.98. The van der Waals surface area contributed by atoms with E-state index in [0.717, 1.165) is 54.5 Å². The van der Waals surface area contributed by atoms with Gasteiger partial charge in [0.1, 0.15) is 18.1 Å². The highest BCUT2D eigenvalue weighted by molar-refractivity contribution is 5.80. The molecule has 0 saturated carbocycles. The maximum absolute atomic E-state index is 13.2. The number of methoxy groups -OCH3 is 1. The monoisotopic (exact) mass is 481 g/mol. The highest BCUT2D eigenvalue weighted by Crippen LogP contribution is 2.40. The molecule has 35 heavy (non-hydrogen) atoms. The molecule has 2 aromatic rings. The first-order valence-electron chi connectivity index (χ1n) is 12.3. The number of hydrogen-bond donors (Lipinski definition) is 2. The number of ether oxygens (including phenoxy) is 3. The van der Waals surface area contributed by atoms with E-state index in [1.807, 2.05) is 42.5 Å². The maximum Gasteiger partial charge on any atom is 0.252 e. The molecule has 188 valence electrons. The lowest BCUT2D eigenvalue weighted by Crippen LogP contribution is -2.60. The summed E-state index contributed by atoms with van der Waals surface area (Å²) in [7, 11) is 1.66. The number of piperazine rings is 1. The number of rotatable bonds is 7. The Morgan fingerprint density at radius 3 is 2.69 bits per heavy atom. The Morgan fingerprint density at radius 1 is 1.11 bits per heavy atom. The van der Waals surface area contributed by atoms with Gasteiger partial charge in [0.25, 0.3) is 5.91 Å². The normalized spacial score (nSPS) is 22.5. The molecule has 0 aromatic heterocycles. The van der Waals surface area contributed by atoms with Crippen LogP contribution >= 0.6 is 0 Å². The molecule has 5 rings (SSSR count). The largest absolute Gasteiger partial charge is 0.496 e. The summed E-state index contributed by atoms with van der Waals surface area (Å²) in [6.07, 6.45) is -0.559. The van der Waals surface area contributed by atoms with Crippen LogP contribution in [0.1, 0.15) is 31.0 Å². The molecule has 2 N–H and O–H groups in total.